The van der Waals surface area contributed by atoms with Gasteiger partial charge in [0.15, 0.2) is 0 Å². The highest BCUT2D eigenvalue weighted by Gasteiger charge is 2.29. The van der Waals surface area contributed by atoms with Gasteiger partial charge in [-0.05, 0) is 53.8 Å². The van der Waals surface area contributed by atoms with Crippen LogP contribution in [0.15, 0.2) is 72.8 Å². The molecule has 3 aromatic carbocycles. The summed E-state index contributed by atoms with van der Waals surface area (Å²) in [6, 6.07) is 24.1. The minimum atomic E-state index is -0.986. The molecule has 3 N–H and O–H groups in total. The summed E-state index contributed by atoms with van der Waals surface area (Å²) in [5, 5.41) is 12.5. The third kappa shape index (κ3) is 3.44. The predicted molar refractivity (Wildman–Crippen MR) is 131 cm³/mol. The summed E-state index contributed by atoms with van der Waals surface area (Å²) in [7, 11) is 0. The van der Waals surface area contributed by atoms with Gasteiger partial charge in [0.1, 0.15) is 0 Å². The number of H-pyrrole nitrogens is 1. The second-order valence-corrected chi connectivity index (χ2v) is 8.12. The van der Waals surface area contributed by atoms with Crippen LogP contribution in [0.3, 0.4) is 0 Å². The molecular formula is C28H22N2O3. The van der Waals surface area contributed by atoms with E-state index in [-0.39, 0.29) is 11.5 Å². The molecule has 2 heterocycles. The number of rotatable bonds is 4. The first kappa shape index (κ1) is 20.5. The van der Waals surface area contributed by atoms with Gasteiger partial charge in [-0.2, -0.15) is 0 Å². The van der Waals surface area contributed by atoms with E-state index in [1.54, 1.807) is 19.9 Å². The predicted octanol–water partition coefficient (Wildman–Crippen LogP) is 6.16. The van der Waals surface area contributed by atoms with Crippen molar-refractivity contribution in [2.75, 3.05) is 5.32 Å². The van der Waals surface area contributed by atoms with E-state index >= 15 is 0 Å². The number of aromatic nitrogens is 1. The molecule has 0 radical (unpaired) electrons. The average Bonchev–Trinajstić information content (AvgIpc) is 3.29. The Labute approximate surface area is 191 Å². The summed E-state index contributed by atoms with van der Waals surface area (Å²) in [4.78, 5) is 27.8. The fourth-order valence-corrected chi connectivity index (χ4v) is 4.58. The van der Waals surface area contributed by atoms with Crippen LogP contribution in [0.25, 0.3) is 33.9 Å². The van der Waals surface area contributed by atoms with Crippen LogP contribution in [0.5, 0.6) is 0 Å². The van der Waals surface area contributed by atoms with Crippen LogP contribution >= 0.6 is 0 Å². The van der Waals surface area contributed by atoms with Crippen LogP contribution in [0.1, 0.15) is 32.9 Å². The first-order valence-corrected chi connectivity index (χ1v) is 10.7. The maximum Gasteiger partial charge on any atom is 0.337 e. The van der Waals surface area contributed by atoms with Crippen LogP contribution in [-0.2, 0) is 4.79 Å². The molecule has 0 saturated heterocycles. The van der Waals surface area contributed by atoms with Crippen molar-refractivity contribution in [3.63, 3.8) is 0 Å². The Morgan fingerprint density at radius 2 is 1.52 bits per heavy atom. The minimum Gasteiger partial charge on any atom is -0.478 e. The number of carbonyl (C=O) groups excluding carboxylic acids is 1. The Kier molecular flexibility index (Phi) is 4.94. The Morgan fingerprint density at radius 1 is 0.848 bits per heavy atom. The number of amides is 1. The molecule has 0 fully saturated rings. The molecule has 0 atom stereocenters. The number of anilines is 1. The van der Waals surface area contributed by atoms with E-state index in [2.05, 4.69) is 34.6 Å². The maximum absolute atomic E-state index is 13.0. The number of aromatic amines is 1. The second kappa shape index (κ2) is 7.95. The van der Waals surface area contributed by atoms with Gasteiger partial charge in [-0.3, -0.25) is 4.79 Å². The molecule has 1 amide bonds. The number of fused-ring (bicyclic) bond motifs is 1. The number of hydrogen-bond acceptors (Lipinski definition) is 2. The van der Waals surface area contributed by atoms with Crippen molar-refractivity contribution in [2.45, 2.75) is 13.8 Å². The lowest BCUT2D eigenvalue weighted by atomic mass is 9.89. The monoisotopic (exact) mass is 434 g/mol. The van der Waals surface area contributed by atoms with Crippen molar-refractivity contribution < 1.29 is 14.7 Å². The fourth-order valence-electron chi connectivity index (χ4n) is 4.58. The van der Waals surface area contributed by atoms with Crippen molar-refractivity contribution in [2.24, 2.45) is 0 Å². The van der Waals surface area contributed by atoms with E-state index in [4.69, 9.17) is 0 Å². The van der Waals surface area contributed by atoms with Crippen molar-refractivity contribution >= 4 is 29.2 Å². The van der Waals surface area contributed by atoms with E-state index in [0.717, 1.165) is 33.5 Å². The first-order valence-electron chi connectivity index (χ1n) is 10.7. The Balaban J connectivity index is 1.72. The molecule has 1 aliphatic heterocycles. The lowest BCUT2D eigenvalue weighted by Gasteiger charge is -2.14. The van der Waals surface area contributed by atoms with Gasteiger partial charge in [0.25, 0.3) is 5.91 Å². The molecule has 162 valence electrons. The highest BCUT2D eigenvalue weighted by Crippen LogP contribution is 2.43. The molecule has 4 aromatic rings. The highest BCUT2D eigenvalue weighted by atomic mass is 16.4. The molecule has 1 aliphatic rings. The fraction of sp³-hybridized carbons (Fsp3) is 0.0714. The van der Waals surface area contributed by atoms with Crippen molar-refractivity contribution in [3.8, 4) is 22.3 Å². The van der Waals surface area contributed by atoms with Crippen LogP contribution < -0.4 is 5.32 Å². The third-order valence-corrected chi connectivity index (χ3v) is 6.11. The molecule has 1 aromatic heterocycles. The molecule has 0 bridgehead atoms. The zero-order valence-electron chi connectivity index (χ0n) is 18.3. The van der Waals surface area contributed by atoms with Gasteiger partial charge in [-0.25, -0.2) is 4.79 Å². The molecule has 5 rings (SSSR count). The van der Waals surface area contributed by atoms with E-state index in [0.29, 0.717) is 22.5 Å². The standard InChI is InChI=1S/C28H22N2O3/c1-16-24(29-17(2)25(16)28(32)33)15-22-26-21(13-8-14-23(26)30-27(22)31)20-12-7-6-11-19(20)18-9-4-3-5-10-18/h3-15,29H,1-2H3,(H,30,31)(H,32,33)/b22-15-. The van der Waals surface area contributed by atoms with E-state index in [1.807, 2.05) is 48.5 Å². The smallest absolute Gasteiger partial charge is 0.337 e. The zero-order valence-corrected chi connectivity index (χ0v) is 18.3. The molecule has 33 heavy (non-hydrogen) atoms. The van der Waals surface area contributed by atoms with Gasteiger partial charge < -0.3 is 15.4 Å². The number of benzene rings is 3. The lowest BCUT2D eigenvalue weighted by Crippen LogP contribution is -2.03. The molecule has 0 aliphatic carbocycles. The molecule has 5 nitrogen and oxygen atoms in total. The summed E-state index contributed by atoms with van der Waals surface area (Å²) < 4.78 is 0. The van der Waals surface area contributed by atoms with E-state index in [9.17, 15) is 14.7 Å². The highest BCUT2D eigenvalue weighted by molar-refractivity contribution is 6.36. The quantitative estimate of drug-likeness (QED) is 0.337. The van der Waals surface area contributed by atoms with Gasteiger partial charge in [0.05, 0.1) is 11.1 Å². The van der Waals surface area contributed by atoms with Crippen LogP contribution in [0.2, 0.25) is 0 Å². The molecule has 0 spiro atoms. The number of aromatic carboxylic acids is 1. The van der Waals surface area contributed by atoms with Crippen LogP contribution in [0, 0.1) is 13.8 Å². The van der Waals surface area contributed by atoms with Crippen molar-refractivity contribution in [1.29, 1.82) is 0 Å². The SMILES string of the molecule is Cc1[nH]c(/C=C2\C(=O)Nc3cccc(-c4ccccc4-c4ccccc4)c32)c(C)c1C(=O)O. The Hall–Kier alpha value is -4.38. The van der Waals surface area contributed by atoms with Gasteiger partial charge in [-0.1, -0.05) is 66.7 Å². The molecule has 0 saturated carbocycles. The number of carboxylic acids is 1. The zero-order chi connectivity index (χ0) is 23.1. The van der Waals surface area contributed by atoms with Crippen molar-refractivity contribution in [1.82, 2.24) is 4.98 Å². The molecular weight excluding hydrogens is 412 g/mol. The molecule has 0 unspecified atom stereocenters. The Morgan fingerprint density at radius 3 is 2.21 bits per heavy atom. The lowest BCUT2D eigenvalue weighted by molar-refractivity contribution is -0.110. The summed E-state index contributed by atoms with van der Waals surface area (Å²) in [5.74, 6) is -1.20. The maximum atomic E-state index is 13.0. The normalized spacial score (nSPS) is 13.8. The summed E-state index contributed by atoms with van der Waals surface area (Å²) in [6.45, 7) is 3.48. The minimum absolute atomic E-state index is 0.210. The van der Waals surface area contributed by atoms with Gasteiger partial charge in [-0.15, -0.1) is 0 Å². The average molecular weight is 434 g/mol. The third-order valence-electron chi connectivity index (χ3n) is 6.11. The Bertz CT molecular complexity index is 1450. The molecule has 5 heteroatoms. The topological polar surface area (TPSA) is 82.2 Å². The summed E-state index contributed by atoms with van der Waals surface area (Å²) in [5.41, 5.74) is 8.22. The first-order chi connectivity index (χ1) is 16.0. The summed E-state index contributed by atoms with van der Waals surface area (Å²) >= 11 is 0. The van der Waals surface area contributed by atoms with Crippen LogP contribution in [-0.4, -0.2) is 22.0 Å². The largest absolute Gasteiger partial charge is 0.478 e. The van der Waals surface area contributed by atoms with E-state index in [1.165, 1.54) is 0 Å². The van der Waals surface area contributed by atoms with Crippen LogP contribution in [0.4, 0.5) is 5.69 Å². The number of nitrogens with one attached hydrogen (secondary N) is 2. The summed E-state index contributed by atoms with van der Waals surface area (Å²) in [6.07, 6.45) is 1.75. The second-order valence-electron chi connectivity index (χ2n) is 8.12. The number of carboxylic acid groups (broad SMARTS) is 1. The van der Waals surface area contributed by atoms with Gasteiger partial charge in [0.2, 0.25) is 0 Å². The number of carbonyl (C=O) groups is 2. The number of hydrogen-bond donors (Lipinski definition) is 3. The van der Waals surface area contributed by atoms with E-state index < -0.39 is 5.97 Å². The van der Waals surface area contributed by atoms with Gasteiger partial charge in [0, 0.05) is 22.6 Å². The van der Waals surface area contributed by atoms with Crippen molar-refractivity contribution in [3.05, 3.63) is 101 Å². The van der Waals surface area contributed by atoms with Gasteiger partial charge >= 0.3 is 5.97 Å². The number of aryl methyl sites for hydroxylation is 1.